The van der Waals surface area contributed by atoms with Gasteiger partial charge in [-0.3, -0.25) is 9.69 Å². The number of aromatic hydroxyl groups is 1. The normalized spacial score (nSPS) is 15.5. The largest absolute Gasteiger partial charge is 0.504 e. The molecule has 1 aliphatic heterocycles. The number of nitrogens with one attached hydrogen (secondary N) is 1. The smallest absolute Gasteiger partial charge is 0.243 e. The van der Waals surface area contributed by atoms with E-state index in [1.807, 2.05) is 6.92 Å². The second-order valence-electron chi connectivity index (χ2n) is 7.07. The van der Waals surface area contributed by atoms with Gasteiger partial charge in [-0.25, -0.2) is 5.43 Å². The van der Waals surface area contributed by atoms with Crippen molar-refractivity contribution in [3.63, 3.8) is 0 Å². The van der Waals surface area contributed by atoms with E-state index in [0.29, 0.717) is 17.9 Å². The van der Waals surface area contributed by atoms with E-state index in [1.54, 1.807) is 18.2 Å². The number of hydrazone groups is 1. The third kappa shape index (κ3) is 6.30. The number of ether oxygens (including phenoxy) is 1. The summed E-state index contributed by atoms with van der Waals surface area (Å²) >= 11 is 3.46. The zero-order valence-corrected chi connectivity index (χ0v) is 18.1. The molecule has 29 heavy (non-hydrogen) atoms. The molecule has 0 spiro atoms. The summed E-state index contributed by atoms with van der Waals surface area (Å²) in [6, 6.07) is 13.4. The molecule has 6 nitrogen and oxygen atoms in total. The summed E-state index contributed by atoms with van der Waals surface area (Å²) < 4.78 is 6.38. The lowest BCUT2D eigenvalue weighted by atomic mass is 9.96. The standard InChI is InChI=1S/C22H26BrN3O3/c1-2-29-21-8-5-17(13-20(21)27)14-24-25-22(28)18-9-11-26(12-10-18)15-16-3-6-19(23)7-4-16/h3-8,13-14,18,27H,2,9-12,15H2,1H3,(H,25,28). The molecular formula is C22H26BrN3O3. The minimum Gasteiger partial charge on any atom is -0.504 e. The van der Waals surface area contributed by atoms with E-state index in [-0.39, 0.29) is 17.6 Å². The number of rotatable bonds is 7. The maximum atomic E-state index is 12.4. The highest BCUT2D eigenvalue weighted by molar-refractivity contribution is 9.10. The fourth-order valence-electron chi connectivity index (χ4n) is 3.36. The van der Waals surface area contributed by atoms with E-state index in [4.69, 9.17) is 4.74 Å². The van der Waals surface area contributed by atoms with Gasteiger partial charge in [0.2, 0.25) is 5.91 Å². The number of halogens is 1. The molecule has 2 N–H and O–H groups in total. The van der Waals surface area contributed by atoms with Crippen molar-refractivity contribution in [3.05, 3.63) is 58.1 Å². The van der Waals surface area contributed by atoms with Crippen LogP contribution in [0.1, 0.15) is 30.9 Å². The molecule has 0 saturated carbocycles. The van der Waals surface area contributed by atoms with Crippen LogP contribution >= 0.6 is 15.9 Å². The van der Waals surface area contributed by atoms with Gasteiger partial charge in [0.1, 0.15) is 0 Å². The average Bonchev–Trinajstić information content (AvgIpc) is 2.72. The molecule has 1 fully saturated rings. The molecule has 7 heteroatoms. The number of hydrogen-bond acceptors (Lipinski definition) is 5. The molecule has 0 aliphatic carbocycles. The van der Waals surface area contributed by atoms with E-state index >= 15 is 0 Å². The Morgan fingerprint density at radius 2 is 2.00 bits per heavy atom. The van der Waals surface area contributed by atoms with Crippen LogP contribution in [0.5, 0.6) is 11.5 Å². The van der Waals surface area contributed by atoms with Gasteiger partial charge in [-0.05, 0) is 74.3 Å². The van der Waals surface area contributed by atoms with Gasteiger partial charge < -0.3 is 9.84 Å². The number of piperidine rings is 1. The second-order valence-corrected chi connectivity index (χ2v) is 7.99. The van der Waals surface area contributed by atoms with Crippen molar-refractivity contribution in [2.45, 2.75) is 26.3 Å². The summed E-state index contributed by atoms with van der Waals surface area (Å²) in [5, 5.41) is 13.9. The van der Waals surface area contributed by atoms with Crippen molar-refractivity contribution in [2.24, 2.45) is 11.0 Å². The van der Waals surface area contributed by atoms with Gasteiger partial charge in [0.25, 0.3) is 0 Å². The highest BCUT2D eigenvalue weighted by Gasteiger charge is 2.24. The Labute approximate surface area is 179 Å². The number of carbonyl (C=O) groups excluding carboxylic acids is 1. The number of carbonyl (C=O) groups is 1. The number of likely N-dealkylation sites (tertiary alicyclic amines) is 1. The molecule has 1 saturated heterocycles. The number of benzene rings is 2. The summed E-state index contributed by atoms with van der Waals surface area (Å²) in [5.41, 5.74) is 4.59. The van der Waals surface area contributed by atoms with Gasteiger partial charge in [0.15, 0.2) is 11.5 Å². The maximum absolute atomic E-state index is 12.4. The molecule has 2 aromatic carbocycles. The zero-order valence-electron chi connectivity index (χ0n) is 16.5. The minimum absolute atomic E-state index is 0.0259. The van der Waals surface area contributed by atoms with Crippen LogP contribution in [0, 0.1) is 5.92 Å². The van der Waals surface area contributed by atoms with Crippen LogP contribution in [0.2, 0.25) is 0 Å². The van der Waals surface area contributed by atoms with Crippen molar-refractivity contribution < 1.29 is 14.6 Å². The number of phenolic OH excluding ortho intramolecular Hbond substituents is 1. The van der Waals surface area contributed by atoms with Gasteiger partial charge in [-0.15, -0.1) is 0 Å². The summed E-state index contributed by atoms with van der Waals surface area (Å²) in [6.07, 6.45) is 3.17. The van der Waals surface area contributed by atoms with Gasteiger partial charge in [0.05, 0.1) is 12.8 Å². The van der Waals surface area contributed by atoms with Crippen LogP contribution in [-0.4, -0.2) is 41.8 Å². The third-order valence-electron chi connectivity index (χ3n) is 4.95. The van der Waals surface area contributed by atoms with Gasteiger partial charge in [0, 0.05) is 16.9 Å². The quantitative estimate of drug-likeness (QED) is 0.486. The first kappa shape index (κ1) is 21.3. The monoisotopic (exact) mass is 459 g/mol. The Morgan fingerprint density at radius 3 is 2.66 bits per heavy atom. The molecule has 0 atom stereocenters. The lowest BCUT2D eigenvalue weighted by Crippen LogP contribution is -2.39. The first-order valence-electron chi connectivity index (χ1n) is 9.80. The van der Waals surface area contributed by atoms with Crippen LogP contribution in [0.3, 0.4) is 0 Å². The number of phenols is 1. The van der Waals surface area contributed by atoms with Gasteiger partial charge in [-0.1, -0.05) is 28.1 Å². The number of nitrogens with zero attached hydrogens (tertiary/aromatic N) is 2. The lowest BCUT2D eigenvalue weighted by molar-refractivity contribution is -0.126. The molecule has 154 valence electrons. The average molecular weight is 460 g/mol. The van der Waals surface area contributed by atoms with Crippen molar-refractivity contribution in [1.29, 1.82) is 0 Å². The van der Waals surface area contributed by atoms with Gasteiger partial charge >= 0.3 is 0 Å². The fourth-order valence-corrected chi connectivity index (χ4v) is 3.62. The van der Waals surface area contributed by atoms with Crippen LogP contribution in [-0.2, 0) is 11.3 Å². The summed E-state index contributed by atoms with van der Waals surface area (Å²) in [7, 11) is 0. The Bertz CT molecular complexity index is 847. The minimum atomic E-state index is -0.0558. The first-order valence-corrected chi connectivity index (χ1v) is 10.6. The molecule has 1 aliphatic rings. The Hall–Kier alpha value is -2.38. The molecule has 0 unspecified atom stereocenters. The molecule has 1 amide bonds. The van der Waals surface area contributed by atoms with Crippen molar-refractivity contribution in [3.8, 4) is 11.5 Å². The molecule has 0 bridgehead atoms. The van der Waals surface area contributed by atoms with E-state index in [0.717, 1.165) is 36.9 Å². The zero-order chi connectivity index (χ0) is 20.6. The van der Waals surface area contributed by atoms with Crippen molar-refractivity contribution >= 4 is 28.1 Å². The topological polar surface area (TPSA) is 74.2 Å². The van der Waals surface area contributed by atoms with Crippen molar-refractivity contribution in [2.75, 3.05) is 19.7 Å². The highest BCUT2D eigenvalue weighted by atomic mass is 79.9. The molecule has 2 aromatic rings. The molecule has 1 heterocycles. The van der Waals surface area contributed by atoms with E-state index in [2.05, 4.69) is 55.6 Å². The third-order valence-corrected chi connectivity index (χ3v) is 5.48. The Morgan fingerprint density at radius 1 is 1.28 bits per heavy atom. The molecule has 0 radical (unpaired) electrons. The van der Waals surface area contributed by atoms with Crippen LogP contribution in [0.25, 0.3) is 0 Å². The molecule has 3 rings (SSSR count). The van der Waals surface area contributed by atoms with Gasteiger partial charge in [-0.2, -0.15) is 5.10 Å². The van der Waals surface area contributed by atoms with E-state index in [1.165, 1.54) is 11.8 Å². The summed E-state index contributed by atoms with van der Waals surface area (Å²) in [6.45, 7) is 5.03. The maximum Gasteiger partial charge on any atom is 0.243 e. The van der Waals surface area contributed by atoms with E-state index in [9.17, 15) is 9.90 Å². The predicted molar refractivity (Wildman–Crippen MR) is 117 cm³/mol. The highest BCUT2D eigenvalue weighted by Crippen LogP contribution is 2.26. The summed E-state index contributed by atoms with van der Waals surface area (Å²) in [4.78, 5) is 14.8. The Balaban J connectivity index is 1.44. The van der Waals surface area contributed by atoms with Crippen LogP contribution in [0.4, 0.5) is 0 Å². The van der Waals surface area contributed by atoms with Crippen molar-refractivity contribution in [1.82, 2.24) is 10.3 Å². The first-order chi connectivity index (χ1) is 14.0. The fraction of sp³-hybridized carbons (Fsp3) is 0.364. The van der Waals surface area contributed by atoms with Crippen LogP contribution in [0.15, 0.2) is 52.0 Å². The SMILES string of the molecule is CCOc1ccc(C=NNC(=O)C2CCN(Cc3ccc(Br)cc3)CC2)cc1O. The van der Waals surface area contributed by atoms with Crippen LogP contribution < -0.4 is 10.2 Å². The molecule has 0 aromatic heterocycles. The predicted octanol–water partition coefficient (Wildman–Crippen LogP) is 3.92. The van der Waals surface area contributed by atoms with E-state index < -0.39 is 0 Å². The number of hydrogen-bond donors (Lipinski definition) is 2. The second kappa shape index (κ2) is 10.4. The number of amides is 1. The Kier molecular flexibility index (Phi) is 7.66. The molecular weight excluding hydrogens is 434 g/mol. The lowest BCUT2D eigenvalue weighted by Gasteiger charge is -2.30. The summed E-state index contributed by atoms with van der Waals surface area (Å²) in [5.74, 6) is 0.408.